The highest BCUT2D eigenvalue weighted by atomic mass is 127. The molecule has 0 unspecified atom stereocenters. The largest absolute Gasteiger partial charge is 0.339 e. The first-order valence-corrected chi connectivity index (χ1v) is 7.79. The summed E-state index contributed by atoms with van der Waals surface area (Å²) in [5, 5.41) is 12.6. The molecular weight excluding hydrogens is 361 g/mol. The molecule has 20 heavy (non-hydrogen) atoms. The Morgan fingerprint density at radius 2 is 1.90 bits per heavy atom. The minimum Gasteiger partial charge on any atom is -0.339 e. The first-order valence-electron chi connectivity index (χ1n) is 6.72. The molecule has 2 aromatic rings. The smallest absolute Gasteiger partial charge is 0.148 e. The van der Waals surface area contributed by atoms with Gasteiger partial charge < -0.3 is 5.32 Å². The van der Waals surface area contributed by atoms with Crippen LogP contribution < -0.4 is 5.32 Å². The van der Waals surface area contributed by atoms with Gasteiger partial charge in [0.1, 0.15) is 11.9 Å². The van der Waals surface area contributed by atoms with Gasteiger partial charge >= 0.3 is 0 Å². The van der Waals surface area contributed by atoms with Crippen molar-refractivity contribution in [1.82, 2.24) is 4.98 Å². The molecule has 1 aromatic heterocycles. The van der Waals surface area contributed by atoms with Gasteiger partial charge in [-0.2, -0.15) is 5.26 Å². The van der Waals surface area contributed by atoms with Crippen molar-refractivity contribution < 1.29 is 0 Å². The summed E-state index contributed by atoms with van der Waals surface area (Å²) < 4.78 is 1.19. The molecule has 0 aliphatic heterocycles. The van der Waals surface area contributed by atoms with Crippen LogP contribution in [-0.4, -0.2) is 4.98 Å². The Bertz CT molecular complexity index is 671. The Hall–Kier alpha value is -1.61. The molecule has 1 N–H and O–H groups in total. The quantitative estimate of drug-likeness (QED) is 0.802. The number of hydrogen-bond acceptors (Lipinski definition) is 3. The summed E-state index contributed by atoms with van der Waals surface area (Å²) in [6.07, 6.45) is 4.45. The van der Waals surface area contributed by atoms with Crippen molar-refractivity contribution >= 4 is 34.1 Å². The number of nitrogens with one attached hydrogen (secondary N) is 1. The average molecular weight is 375 g/mol. The topological polar surface area (TPSA) is 48.7 Å². The summed E-state index contributed by atoms with van der Waals surface area (Å²) in [5.41, 5.74) is 3.97. The number of fused-ring (bicyclic) bond motifs is 1. The van der Waals surface area contributed by atoms with Crippen molar-refractivity contribution in [3.63, 3.8) is 0 Å². The highest BCUT2D eigenvalue weighted by Gasteiger charge is 2.15. The lowest BCUT2D eigenvalue weighted by Crippen LogP contribution is -2.08. The van der Waals surface area contributed by atoms with E-state index in [9.17, 15) is 5.26 Å². The minimum absolute atomic E-state index is 0.629. The second kappa shape index (κ2) is 5.80. The minimum atomic E-state index is 0.629. The van der Waals surface area contributed by atoms with E-state index >= 15 is 0 Å². The van der Waals surface area contributed by atoms with Crippen molar-refractivity contribution in [3.8, 4) is 6.07 Å². The summed E-state index contributed by atoms with van der Waals surface area (Å²) in [4.78, 5) is 4.67. The van der Waals surface area contributed by atoms with Crippen molar-refractivity contribution in [3.05, 3.63) is 50.7 Å². The number of halogens is 1. The summed E-state index contributed by atoms with van der Waals surface area (Å²) in [5.74, 6) is 0.675. The molecule has 0 saturated carbocycles. The van der Waals surface area contributed by atoms with Crippen LogP contribution >= 0.6 is 22.6 Å². The number of aromatic nitrogens is 1. The molecule has 1 aliphatic carbocycles. The van der Waals surface area contributed by atoms with Gasteiger partial charge in [-0.05, 0) is 84.2 Å². The van der Waals surface area contributed by atoms with Crippen LogP contribution in [0, 0.1) is 14.9 Å². The number of hydrogen-bond donors (Lipinski definition) is 1. The molecule has 100 valence electrons. The molecule has 3 rings (SSSR count). The summed E-state index contributed by atoms with van der Waals surface area (Å²) in [7, 11) is 0. The molecule has 0 bridgehead atoms. The standard InChI is InChI=1S/C16H14IN3/c17-13-5-7-14(8-6-13)19-16-12(10-18)9-11-3-1-2-4-15(11)20-16/h5-9H,1-4H2,(H,19,20). The normalized spacial score (nSPS) is 13.4. The molecular formula is C16H14IN3. The molecule has 1 aromatic carbocycles. The van der Waals surface area contributed by atoms with Crippen molar-refractivity contribution in [1.29, 1.82) is 5.26 Å². The lowest BCUT2D eigenvalue weighted by Gasteiger charge is -2.17. The van der Waals surface area contributed by atoms with Gasteiger partial charge in [0.25, 0.3) is 0 Å². The maximum Gasteiger partial charge on any atom is 0.148 e. The van der Waals surface area contributed by atoms with E-state index in [4.69, 9.17) is 0 Å². The maximum absolute atomic E-state index is 9.31. The van der Waals surface area contributed by atoms with Crippen LogP contribution in [-0.2, 0) is 12.8 Å². The number of anilines is 2. The molecule has 1 heterocycles. The number of nitriles is 1. The highest BCUT2D eigenvalue weighted by molar-refractivity contribution is 14.1. The van der Waals surface area contributed by atoms with E-state index in [1.807, 2.05) is 30.3 Å². The van der Waals surface area contributed by atoms with Crippen LogP contribution in [0.5, 0.6) is 0 Å². The summed E-state index contributed by atoms with van der Waals surface area (Å²) in [6.45, 7) is 0. The van der Waals surface area contributed by atoms with E-state index in [1.165, 1.54) is 22.0 Å². The van der Waals surface area contributed by atoms with Crippen LogP contribution in [0.1, 0.15) is 29.7 Å². The molecule has 0 radical (unpaired) electrons. The van der Waals surface area contributed by atoms with E-state index in [0.717, 1.165) is 24.2 Å². The lowest BCUT2D eigenvalue weighted by atomic mass is 9.95. The van der Waals surface area contributed by atoms with Crippen molar-refractivity contribution in [2.45, 2.75) is 25.7 Å². The van der Waals surface area contributed by atoms with Crippen LogP contribution in [0.25, 0.3) is 0 Å². The van der Waals surface area contributed by atoms with E-state index in [-0.39, 0.29) is 0 Å². The van der Waals surface area contributed by atoms with Gasteiger partial charge in [0, 0.05) is 15.0 Å². The maximum atomic E-state index is 9.31. The van der Waals surface area contributed by atoms with Crippen LogP contribution in [0.3, 0.4) is 0 Å². The van der Waals surface area contributed by atoms with E-state index in [0.29, 0.717) is 11.4 Å². The number of aryl methyl sites for hydroxylation is 2. The Kier molecular flexibility index (Phi) is 3.88. The summed E-state index contributed by atoms with van der Waals surface area (Å²) >= 11 is 2.27. The lowest BCUT2D eigenvalue weighted by molar-refractivity contribution is 0.668. The van der Waals surface area contributed by atoms with Crippen LogP contribution in [0.15, 0.2) is 30.3 Å². The molecule has 0 atom stereocenters. The molecule has 1 aliphatic rings. The second-order valence-corrected chi connectivity index (χ2v) is 6.19. The van der Waals surface area contributed by atoms with Crippen LogP contribution in [0.2, 0.25) is 0 Å². The zero-order valence-corrected chi connectivity index (χ0v) is 13.1. The fourth-order valence-corrected chi connectivity index (χ4v) is 2.84. The van der Waals surface area contributed by atoms with E-state index in [1.54, 1.807) is 0 Å². The fourth-order valence-electron chi connectivity index (χ4n) is 2.48. The van der Waals surface area contributed by atoms with Gasteiger partial charge in [0.05, 0.1) is 5.56 Å². The first kappa shape index (κ1) is 13.4. The molecule has 3 nitrogen and oxygen atoms in total. The third-order valence-corrected chi connectivity index (χ3v) is 4.25. The van der Waals surface area contributed by atoms with Gasteiger partial charge in [-0.3, -0.25) is 0 Å². The van der Waals surface area contributed by atoms with Crippen molar-refractivity contribution in [2.24, 2.45) is 0 Å². The molecule has 0 spiro atoms. The van der Waals surface area contributed by atoms with E-state index in [2.05, 4.69) is 39.0 Å². The van der Waals surface area contributed by atoms with Gasteiger partial charge in [-0.1, -0.05) is 0 Å². The number of pyridine rings is 1. The molecule has 4 heteroatoms. The number of benzene rings is 1. The Balaban J connectivity index is 1.96. The highest BCUT2D eigenvalue weighted by Crippen LogP contribution is 2.26. The second-order valence-electron chi connectivity index (χ2n) is 4.94. The zero-order valence-electron chi connectivity index (χ0n) is 11.0. The third kappa shape index (κ3) is 2.78. The Morgan fingerprint density at radius 1 is 1.15 bits per heavy atom. The molecule has 0 amide bonds. The third-order valence-electron chi connectivity index (χ3n) is 3.53. The number of rotatable bonds is 2. The summed E-state index contributed by atoms with van der Waals surface area (Å²) in [6, 6.07) is 12.3. The predicted octanol–water partition coefficient (Wildman–Crippen LogP) is 4.18. The SMILES string of the molecule is N#Cc1cc2c(nc1Nc1ccc(I)cc1)CCCC2. The zero-order chi connectivity index (χ0) is 13.9. The van der Waals surface area contributed by atoms with Crippen LogP contribution in [0.4, 0.5) is 11.5 Å². The average Bonchev–Trinajstić information content (AvgIpc) is 2.49. The number of nitrogens with zero attached hydrogens (tertiary/aromatic N) is 2. The fraction of sp³-hybridized carbons (Fsp3) is 0.250. The van der Waals surface area contributed by atoms with Gasteiger partial charge in [0.15, 0.2) is 0 Å². The van der Waals surface area contributed by atoms with Gasteiger partial charge in [0.2, 0.25) is 0 Å². The van der Waals surface area contributed by atoms with E-state index < -0.39 is 0 Å². The van der Waals surface area contributed by atoms with Gasteiger partial charge in [-0.25, -0.2) is 4.98 Å². The monoisotopic (exact) mass is 375 g/mol. The Morgan fingerprint density at radius 3 is 2.65 bits per heavy atom. The Labute approximate surface area is 132 Å². The first-order chi connectivity index (χ1) is 9.76. The molecule has 0 fully saturated rings. The van der Waals surface area contributed by atoms with Gasteiger partial charge in [-0.15, -0.1) is 0 Å². The predicted molar refractivity (Wildman–Crippen MR) is 88.0 cm³/mol. The molecule has 0 saturated heterocycles. The van der Waals surface area contributed by atoms with Crippen molar-refractivity contribution in [2.75, 3.05) is 5.32 Å².